The molecular weight excluding hydrogens is 124 g/mol. The van der Waals surface area contributed by atoms with Gasteiger partial charge in [-0.15, -0.1) is 0 Å². The Kier molecular flexibility index (Phi) is 2.72. The normalized spacial score (nSPS) is 36.3. The molecule has 1 nitrogen and oxygen atoms in total. The first kappa shape index (κ1) is 8.06. The Balaban J connectivity index is 2.29. The van der Waals surface area contributed by atoms with Crippen LogP contribution in [0.3, 0.4) is 0 Å². The Bertz CT molecular complexity index is 101. The zero-order valence-corrected chi connectivity index (χ0v) is 7.01. The summed E-state index contributed by atoms with van der Waals surface area (Å²) in [6.07, 6.45) is 4.61. The first-order valence-electron chi connectivity index (χ1n) is 4.42. The van der Waals surface area contributed by atoms with E-state index in [4.69, 9.17) is 0 Å². The standard InChI is InChI=1S/C9H18O/c1-3-7(2)8-4-5-9(10)6-8/h7-10H,3-6H2,1-2H3/t7?,8-,9+/m0/s1. The van der Waals surface area contributed by atoms with Crippen LogP contribution in [0, 0.1) is 11.8 Å². The molecule has 3 atom stereocenters. The first-order valence-corrected chi connectivity index (χ1v) is 4.42. The van der Waals surface area contributed by atoms with Crippen molar-refractivity contribution in [1.29, 1.82) is 0 Å². The van der Waals surface area contributed by atoms with Gasteiger partial charge >= 0.3 is 0 Å². The van der Waals surface area contributed by atoms with Gasteiger partial charge in [0.05, 0.1) is 6.10 Å². The molecule has 60 valence electrons. The fourth-order valence-corrected chi connectivity index (χ4v) is 1.84. The summed E-state index contributed by atoms with van der Waals surface area (Å²) in [5.74, 6) is 1.62. The van der Waals surface area contributed by atoms with Crippen molar-refractivity contribution in [1.82, 2.24) is 0 Å². The number of hydrogen-bond donors (Lipinski definition) is 1. The van der Waals surface area contributed by atoms with E-state index >= 15 is 0 Å². The van der Waals surface area contributed by atoms with Crippen molar-refractivity contribution in [3.05, 3.63) is 0 Å². The van der Waals surface area contributed by atoms with Crippen molar-refractivity contribution < 1.29 is 5.11 Å². The second-order valence-electron chi connectivity index (χ2n) is 3.61. The molecule has 0 radical (unpaired) electrons. The Morgan fingerprint density at radius 2 is 2.20 bits per heavy atom. The van der Waals surface area contributed by atoms with E-state index < -0.39 is 0 Å². The van der Waals surface area contributed by atoms with E-state index in [0.717, 1.165) is 24.7 Å². The zero-order chi connectivity index (χ0) is 7.56. The summed E-state index contributed by atoms with van der Waals surface area (Å²) in [6, 6.07) is 0. The molecule has 1 N–H and O–H groups in total. The third-order valence-corrected chi connectivity index (χ3v) is 2.89. The average Bonchev–Trinajstić information content (AvgIpc) is 2.34. The summed E-state index contributed by atoms with van der Waals surface area (Å²) >= 11 is 0. The van der Waals surface area contributed by atoms with Gasteiger partial charge in [0, 0.05) is 0 Å². The van der Waals surface area contributed by atoms with Crippen LogP contribution >= 0.6 is 0 Å². The van der Waals surface area contributed by atoms with Crippen molar-refractivity contribution in [2.45, 2.75) is 45.6 Å². The van der Waals surface area contributed by atoms with Crippen LogP contribution in [0.2, 0.25) is 0 Å². The number of hydrogen-bond acceptors (Lipinski definition) is 1. The summed E-state index contributed by atoms with van der Waals surface area (Å²) in [6.45, 7) is 4.53. The van der Waals surface area contributed by atoms with Crippen molar-refractivity contribution in [2.75, 3.05) is 0 Å². The van der Waals surface area contributed by atoms with Gasteiger partial charge in [0.25, 0.3) is 0 Å². The van der Waals surface area contributed by atoms with Crippen LogP contribution in [-0.4, -0.2) is 11.2 Å². The van der Waals surface area contributed by atoms with Gasteiger partial charge < -0.3 is 5.11 Å². The van der Waals surface area contributed by atoms with Gasteiger partial charge in [-0.05, 0) is 31.1 Å². The second-order valence-corrected chi connectivity index (χ2v) is 3.61. The smallest absolute Gasteiger partial charge is 0.0543 e. The Morgan fingerprint density at radius 3 is 2.60 bits per heavy atom. The van der Waals surface area contributed by atoms with Gasteiger partial charge in [0.2, 0.25) is 0 Å². The molecule has 0 aromatic carbocycles. The van der Waals surface area contributed by atoms with E-state index in [1.165, 1.54) is 12.8 Å². The molecule has 1 fully saturated rings. The molecule has 0 aromatic heterocycles. The van der Waals surface area contributed by atoms with E-state index in [9.17, 15) is 5.11 Å². The predicted molar refractivity (Wildman–Crippen MR) is 42.8 cm³/mol. The lowest BCUT2D eigenvalue weighted by Gasteiger charge is -2.15. The molecule has 0 aromatic rings. The molecule has 1 aliphatic carbocycles. The van der Waals surface area contributed by atoms with Crippen LogP contribution in [0.1, 0.15) is 39.5 Å². The second kappa shape index (κ2) is 3.38. The molecular formula is C9H18O. The van der Waals surface area contributed by atoms with Gasteiger partial charge in [0.15, 0.2) is 0 Å². The van der Waals surface area contributed by atoms with Gasteiger partial charge in [-0.2, -0.15) is 0 Å². The molecule has 0 heterocycles. The summed E-state index contributed by atoms with van der Waals surface area (Å²) < 4.78 is 0. The lowest BCUT2D eigenvalue weighted by atomic mass is 9.91. The molecule has 0 bridgehead atoms. The first-order chi connectivity index (χ1) is 4.74. The zero-order valence-electron chi connectivity index (χ0n) is 7.01. The molecule has 1 aliphatic rings. The van der Waals surface area contributed by atoms with Gasteiger partial charge in [-0.1, -0.05) is 20.3 Å². The van der Waals surface area contributed by atoms with Gasteiger partial charge in [0.1, 0.15) is 0 Å². The highest BCUT2D eigenvalue weighted by molar-refractivity contribution is 4.77. The van der Waals surface area contributed by atoms with Gasteiger partial charge in [-0.3, -0.25) is 0 Å². The monoisotopic (exact) mass is 142 g/mol. The molecule has 0 spiro atoms. The lowest BCUT2D eigenvalue weighted by molar-refractivity contribution is 0.171. The maximum Gasteiger partial charge on any atom is 0.0543 e. The van der Waals surface area contributed by atoms with Crippen LogP contribution in [0.15, 0.2) is 0 Å². The Morgan fingerprint density at radius 1 is 1.50 bits per heavy atom. The van der Waals surface area contributed by atoms with Crippen molar-refractivity contribution in [3.8, 4) is 0 Å². The fourth-order valence-electron chi connectivity index (χ4n) is 1.84. The predicted octanol–water partition coefficient (Wildman–Crippen LogP) is 2.19. The molecule has 0 amide bonds. The summed E-state index contributed by atoms with van der Waals surface area (Å²) in [5.41, 5.74) is 0. The van der Waals surface area contributed by atoms with Gasteiger partial charge in [-0.25, -0.2) is 0 Å². The molecule has 1 saturated carbocycles. The molecule has 0 saturated heterocycles. The maximum atomic E-state index is 9.24. The minimum absolute atomic E-state index is 0.0130. The summed E-state index contributed by atoms with van der Waals surface area (Å²) in [5, 5.41) is 9.24. The molecule has 0 aliphatic heterocycles. The third-order valence-electron chi connectivity index (χ3n) is 2.89. The van der Waals surface area contributed by atoms with Crippen LogP contribution < -0.4 is 0 Å². The van der Waals surface area contributed by atoms with E-state index in [2.05, 4.69) is 13.8 Å². The number of aliphatic hydroxyl groups is 1. The Labute approximate surface area is 63.4 Å². The molecule has 1 rings (SSSR count). The third kappa shape index (κ3) is 1.72. The van der Waals surface area contributed by atoms with Crippen LogP contribution in [0.4, 0.5) is 0 Å². The highest BCUT2D eigenvalue weighted by Crippen LogP contribution is 2.32. The molecule has 1 heteroatoms. The minimum atomic E-state index is 0.0130. The van der Waals surface area contributed by atoms with Crippen molar-refractivity contribution in [3.63, 3.8) is 0 Å². The largest absolute Gasteiger partial charge is 0.393 e. The van der Waals surface area contributed by atoms with Crippen molar-refractivity contribution >= 4 is 0 Å². The van der Waals surface area contributed by atoms with E-state index in [1.807, 2.05) is 0 Å². The molecule has 10 heavy (non-hydrogen) atoms. The summed E-state index contributed by atoms with van der Waals surface area (Å²) in [4.78, 5) is 0. The van der Waals surface area contributed by atoms with E-state index in [0.29, 0.717) is 0 Å². The number of rotatable bonds is 2. The highest BCUT2D eigenvalue weighted by Gasteiger charge is 2.25. The van der Waals surface area contributed by atoms with E-state index in [1.54, 1.807) is 0 Å². The lowest BCUT2D eigenvalue weighted by Crippen LogP contribution is -2.08. The Hall–Kier alpha value is -0.0400. The minimum Gasteiger partial charge on any atom is -0.393 e. The molecule has 1 unspecified atom stereocenters. The fraction of sp³-hybridized carbons (Fsp3) is 1.00. The van der Waals surface area contributed by atoms with E-state index in [-0.39, 0.29) is 6.10 Å². The quantitative estimate of drug-likeness (QED) is 0.626. The summed E-state index contributed by atoms with van der Waals surface area (Å²) in [7, 11) is 0. The maximum absolute atomic E-state index is 9.24. The van der Waals surface area contributed by atoms with Crippen LogP contribution in [-0.2, 0) is 0 Å². The SMILES string of the molecule is CCC(C)[C@H]1CC[C@@H](O)C1. The average molecular weight is 142 g/mol. The van der Waals surface area contributed by atoms with Crippen molar-refractivity contribution in [2.24, 2.45) is 11.8 Å². The highest BCUT2D eigenvalue weighted by atomic mass is 16.3. The number of aliphatic hydroxyl groups excluding tert-OH is 1. The van der Waals surface area contributed by atoms with Crippen LogP contribution in [0.5, 0.6) is 0 Å². The van der Waals surface area contributed by atoms with Crippen LogP contribution in [0.25, 0.3) is 0 Å². The topological polar surface area (TPSA) is 20.2 Å².